The van der Waals surface area contributed by atoms with Crippen molar-refractivity contribution in [2.45, 2.75) is 46.5 Å². The van der Waals surface area contributed by atoms with E-state index in [0.29, 0.717) is 12.2 Å². The van der Waals surface area contributed by atoms with Crippen molar-refractivity contribution in [3.63, 3.8) is 0 Å². The van der Waals surface area contributed by atoms with E-state index in [1.54, 1.807) is 20.3 Å². The van der Waals surface area contributed by atoms with E-state index >= 15 is 0 Å². The predicted octanol–water partition coefficient (Wildman–Crippen LogP) is 4.06. The molecular weight excluding hydrogens is 414 g/mol. The van der Waals surface area contributed by atoms with Crippen LogP contribution >= 0.6 is 15.9 Å². The second kappa shape index (κ2) is 8.23. The number of aromatic nitrogens is 2. The van der Waals surface area contributed by atoms with Crippen LogP contribution in [0.3, 0.4) is 0 Å². The second-order valence-corrected chi connectivity index (χ2v) is 10.5. The maximum absolute atomic E-state index is 12.7. The second-order valence-electron chi connectivity index (χ2n) is 7.56. The zero-order valence-corrected chi connectivity index (χ0v) is 18.6. The molecule has 2 rings (SSSR count). The summed E-state index contributed by atoms with van der Waals surface area (Å²) in [5.74, 6) is 0.587. The summed E-state index contributed by atoms with van der Waals surface area (Å²) in [6.07, 6.45) is 4.76. The Kier molecular flexibility index (Phi) is 6.69. The molecule has 144 valence electrons. The molecule has 0 spiro atoms. The lowest BCUT2D eigenvalue weighted by atomic mass is 9.85. The zero-order chi connectivity index (χ0) is 19.5. The fourth-order valence-electron chi connectivity index (χ4n) is 2.60. The number of rotatable bonds is 8. The molecule has 0 saturated heterocycles. The standard InChI is InChI=1S/C19H28BrN3O2S/c1-6-19(2,3)13-17-14-23(26(24,25)22(4)5)18(21-17)12-9-15-7-10-16(20)11-8-15/h7-8,10-11,14H,6,9,12-13H2,1-5H3. The Hall–Kier alpha value is -1.18. The van der Waals surface area contributed by atoms with Crippen LogP contribution in [0.1, 0.15) is 44.3 Å². The SMILES string of the molecule is CCC(C)(C)Cc1cn(S(=O)(=O)N(C)C)c(CCc2ccc(Br)cc2)n1. The highest BCUT2D eigenvalue weighted by atomic mass is 79.9. The molecule has 0 atom stereocenters. The van der Waals surface area contributed by atoms with Crippen molar-refractivity contribution in [1.29, 1.82) is 0 Å². The van der Waals surface area contributed by atoms with Gasteiger partial charge in [0.15, 0.2) is 0 Å². The minimum atomic E-state index is -3.58. The van der Waals surface area contributed by atoms with E-state index in [1.807, 2.05) is 24.3 Å². The van der Waals surface area contributed by atoms with Crippen LogP contribution in [0.15, 0.2) is 34.9 Å². The van der Waals surface area contributed by atoms with Crippen LogP contribution in [-0.2, 0) is 29.5 Å². The van der Waals surface area contributed by atoms with Crippen molar-refractivity contribution in [3.8, 4) is 0 Å². The number of hydrogen-bond donors (Lipinski definition) is 0. The van der Waals surface area contributed by atoms with Gasteiger partial charge in [0.1, 0.15) is 5.82 Å². The van der Waals surface area contributed by atoms with Crippen molar-refractivity contribution < 1.29 is 8.42 Å². The van der Waals surface area contributed by atoms with Gasteiger partial charge in [-0.2, -0.15) is 12.7 Å². The Bertz CT molecular complexity index is 840. The van der Waals surface area contributed by atoms with Crippen LogP contribution in [0, 0.1) is 5.41 Å². The highest BCUT2D eigenvalue weighted by Crippen LogP contribution is 2.26. The molecule has 0 fully saturated rings. The molecule has 0 N–H and O–H groups in total. The van der Waals surface area contributed by atoms with Gasteiger partial charge in [0.2, 0.25) is 0 Å². The van der Waals surface area contributed by atoms with E-state index < -0.39 is 10.2 Å². The van der Waals surface area contributed by atoms with Gasteiger partial charge < -0.3 is 0 Å². The smallest absolute Gasteiger partial charge is 0.237 e. The quantitative estimate of drug-likeness (QED) is 0.620. The van der Waals surface area contributed by atoms with Gasteiger partial charge in [0.25, 0.3) is 0 Å². The van der Waals surface area contributed by atoms with Crippen LogP contribution in [0.5, 0.6) is 0 Å². The van der Waals surface area contributed by atoms with Gasteiger partial charge >= 0.3 is 10.2 Å². The highest BCUT2D eigenvalue weighted by Gasteiger charge is 2.24. The van der Waals surface area contributed by atoms with Gasteiger partial charge in [0, 0.05) is 31.2 Å². The average molecular weight is 442 g/mol. The normalized spacial score (nSPS) is 12.7. The summed E-state index contributed by atoms with van der Waals surface area (Å²) in [5.41, 5.74) is 2.07. The van der Waals surface area contributed by atoms with Gasteiger partial charge in [-0.25, -0.2) is 8.96 Å². The summed E-state index contributed by atoms with van der Waals surface area (Å²) in [4.78, 5) is 4.67. The Balaban J connectivity index is 2.32. The van der Waals surface area contributed by atoms with Gasteiger partial charge in [-0.3, -0.25) is 0 Å². The van der Waals surface area contributed by atoms with Crippen LogP contribution in [0.4, 0.5) is 0 Å². The molecule has 2 aromatic rings. The van der Waals surface area contributed by atoms with Gasteiger partial charge in [-0.05, 0) is 36.0 Å². The topological polar surface area (TPSA) is 55.2 Å². The number of halogens is 1. The first-order chi connectivity index (χ1) is 12.0. The molecule has 0 aliphatic rings. The summed E-state index contributed by atoms with van der Waals surface area (Å²) in [5, 5.41) is 0. The first-order valence-electron chi connectivity index (χ1n) is 8.80. The largest absolute Gasteiger partial charge is 0.308 e. The zero-order valence-electron chi connectivity index (χ0n) is 16.2. The van der Waals surface area contributed by atoms with E-state index in [9.17, 15) is 8.42 Å². The first-order valence-corrected chi connectivity index (χ1v) is 11.0. The molecule has 0 aliphatic heterocycles. The summed E-state index contributed by atoms with van der Waals surface area (Å²) in [7, 11) is -0.490. The molecule has 5 nitrogen and oxygen atoms in total. The minimum absolute atomic E-state index is 0.0873. The summed E-state index contributed by atoms with van der Waals surface area (Å²) < 4.78 is 29.0. The van der Waals surface area contributed by atoms with Crippen LogP contribution < -0.4 is 0 Å². The van der Waals surface area contributed by atoms with Crippen molar-refractivity contribution in [2.75, 3.05) is 14.1 Å². The molecule has 7 heteroatoms. The van der Waals surface area contributed by atoms with E-state index in [4.69, 9.17) is 0 Å². The van der Waals surface area contributed by atoms with Crippen LogP contribution in [-0.4, -0.2) is 35.8 Å². The molecule has 1 aromatic carbocycles. The van der Waals surface area contributed by atoms with Crippen molar-refractivity contribution in [1.82, 2.24) is 13.3 Å². The molecule has 0 amide bonds. The van der Waals surface area contributed by atoms with Gasteiger partial charge in [-0.1, -0.05) is 55.3 Å². The Morgan fingerprint density at radius 3 is 2.31 bits per heavy atom. The van der Waals surface area contributed by atoms with Gasteiger partial charge in [-0.15, -0.1) is 0 Å². The summed E-state index contributed by atoms with van der Waals surface area (Å²) >= 11 is 3.43. The lowest BCUT2D eigenvalue weighted by molar-refractivity contribution is 0.346. The Morgan fingerprint density at radius 2 is 1.77 bits per heavy atom. The molecule has 0 radical (unpaired) electrons. The molecule has 1 aromatic heterocycles. The molecule has 0 bridgehead atoms. The van der Waals surface area contributed by atoms with E-state index in [1.165, 1.54) is 8.28 Å². The summed E-state index contributed by atoms with van der Waals surface area (Å²) in [6.45, 7) is 6.49. The fraction of sp³-hybridized carbons (Fsp3) is 0.526. The van der Waals surface area contributed by atoms with Crippen LogP contribution in [0.25, 0.3) is 0 Å². The third kappa shape index (κ3) is 5.18. The van der Waals surface area contributed by atoms with Crippen molar-refractivity contribution in [3.05, 3.63) is 52.0 Å². The first kappa shape index (κ1) is 21.1. The molecule has 0 unspecified atom stereocenters. The Morgan fingerprint density at radius 1 is 1.15 bits per heavy atom. The molecule has 0 saturated carbocycles. The predicted molar refractivity (Wildman–Crippen MR) is 110 cm³/mol. The number of nitrogens with zero attached hydrogens (tertiary/aromatic N) is 3. The summed E-state index contributed by atoms with van der Waals surface area (Å²) in [6, 6.07) is 8.07. The number of hydrogen-bond acceptors (Lipinski definition) is 3. The highest BCUT2D eigenvalue weighted by molar-refractivity contribution is 9.10. The number of benzene rings is 1. The molecule has 26 heavy (non-hydrogen) atoms. The van der Waals surface area contributed by atoms with Crippen molar-refractivity contribution >= 4 is 26.1 Å². The van der Waals surface area contributed by atoms with E-state index in [-0.39, 0.29) is 5.41 Å². The third-order valence-electron chi connectivity index (χ3n) is 4.67. The van der Waals surface area contributed by atoms with E-state index in [2.05, 4.69) is 41.7 Å². The average Bonchev–Trinajstić information content (AvgIpc) is 2.97. The third-order valence-corrected chi connectivity index (χ3v) is 6.94. The van der Waals surface area contributed by atoms with Crippen molar-refractivity contribution in [2.24, 2.45) is 5.41 Å². The fourth-order valence-corrected chi connectivity index (χ4v) is 3.87. The maximum atomic E-state index is 12.7. The lowest BCUT2D eigenvalue weighted by Crippen LogP contribution is -2.29. The van der Waals surface area contributed by atoms with E-state index in [0.717, 1.165) is 35.0 Å². The molecular formula is C19H28BrN3O2S. The van der Waals surface area contributed by atoms with Crippen LogP contribution in [0.2, 0.25) is 0 Å². The monoisotopic (exact) mass is 441 g/mol. The minimum Gasteiger partial charge on any atom is -0.237 e. The lowest BCUT2D eigenvalue weighted by Gasteiger charge is -2.20. The Labute approximate surface area is 165 Å². The van der Waals surface area contributed by atoms with Gasteiger partial charge in [0.05, 0.1) is 5.69 Å². The number of aryl methyl sites for hydroxylation is 2. The number of imidazole rings is 1. The molecule has 0 aliphatic carbocycles. The molecule has 1 heterocycles. The maximum Gasteiger partial charge on any atom is 0.308 e.